The van der Waals surface area contributed by atoms with E-state index in [2.05, 4.69) is 27.8 Å². The summed E-state index contributed by atoms with van der Waals surface area (Å²) in [4.78, 5) is 0. The number of benzene rings is 2. The molecule has 2 unspecified atom stereocenters. The fourth-order valence-electron chi connectivity index (χ4n) is 2.75. The number of aromatic nitrogens is 4. The van der Waals surface area contributed by atoms with E-state index in [4.69, 9.17) is 4.74 Å². The van der Waals surface area contributed by atoms with E-state index in [1.54, 1.807) is 11.0 Å². The molecule has 0 spiro atoms. The Balaban J connectivity index is 0.00000280. The smallest absolute Gasteiger partial charge is 0.143 e. The van der Waals surface area contributed by atoms with Crippen molar-refractivity contribution in [2.24, 2.45) is 0 Å². The average Bonchev–Trinajstić information content (AvgIpc) is 3.22. The van der Waals surface area contributed by atoms with Crippen molar-refractivity contribution >= 4 is 12.4 Å². The summed E-state index contributed by atoms with van der Waals surface area (Å²) in [6.45, 7) is 6.83. The van der Waals surface area contributed by atoms with Crippen LogP contribution in [-0.4, -0.2) is 44.6 Å². The first-order chi connectivity index (χ1) is 13.0. The number of hydrogen-bond acceptors (Lipinski definition) is 6. The van der Waals surface area contributed by atoms with Gasteiger partial charge >= 0.3 is 0 Å². The molecule has 1 heterocycles. The highest BCUT2D eigenvalue weighted by molar-refractivity contribution is 5.85. The predicted molar refractivity (Wildman–Crippen MR) is 110 cm³/mol. The maximum atomic E-state index is 10.2. The number of tetrazole rings is 1. The van der Waals surface area contributed by atoms with Crippen LogP contribution in [0.5, 0.6) is 5.75 Å². The number of halogens is 1. The van der Waals surface area contributed by atoms with Crippen molar-refractivity contribution < 1.29 is 9.84 Å². The standard InChI is InChI=1S/C20H25N5O2.ClH/c1-14-5-4-6-20(15(14)2)27-12-19(26)11-21-16(3)17-7-9-18(10-8-17)25-13-22-23-24-25;/h4-10,13,16,19,21,26H,11-12H2,1-3H3;1H. The third-order valence-electron chi connectivity index (χ3n) is 4.65. The zero-order valence-corrected chi connectivity index (χ0v) is 17.1. The minimum Gasteiger partial charge on any atom is -0.491 e. The van der Waals surface area contributed by atoms with Gasteiger partial charge in [-0.05, 0) is 66.1 Å². The summed E-state index contributed by atoms with van der Waals surface area (Å²) in [5.41, 5.74) is 4.31. The first-order valence-electron chi connectivity index (χ1n) is 8.98. The summed E-state index contributed by atoms with van der Waals surface area (Å²) < 4.78 is 7.37. The summed E-state index contributed by atoms with van der Waals surface area (Å²) >= 11 is 0. The van der Waals surface area contributed by atoms with Crippen LogP contribution < -0.4 is 10.1 Å². The van der Waals surface area contributed by atoms with E-state index < -0.39 is 6.10 Å². The number of ether oxygens (including phenoxy) is 1. The molecule has 1 aromatic heterocycles. The van der Waals surface area contributed by atoms with Crippen molar-refractivity contribution in [3.8, 4) is 11.4 Å². The van der Waals surface area contributed by atoms with Gasteiger partial charge in [0.1, 0.15) is 24.8 Å². The van der Waals surface area contributed by atoms with Gasteiger partial charge < -0.3 is 15.2 Å². The fraction of sp³-hybridized carbons (Fsp3) is 0.350. The summed E-state index contributed by atoms with van der Waals surface area (Å²) in [7, 11) is 0. The number of aryl methyl sites for hydroxylation is 1. The molecule has 2 atom stereocenters. The lowest BCUT2D eigenvalue weighted by molar-refractivity contribution is 0.104. The molecule has 3 rings (SSSR count). The van der Waals surface area contributed by atoms with Gasteiger partial charge in [0, 0.05) is 12.6 Å². The highest BCUT2D eigenvalue weighted by Gasteiger charge is 2.11. The molecule has 3 aromatic rings. The normalized spacial score (nSPS) is 12.9. The molecular weight excluding hydrogens is 378 g/mol. The second-order valence-corrected chi connectivity index (χ2v) is 6.64. The van der Waals surface area contributed by atoms with Crippen molar-refractivity contribution in [2.75, 3.05) is 13.2 Å². The van der Waals surface area contributed by atoms with E-state index in [1.807, 2.05) is 56.3 Å². The van der Waals surface area contributed by atoms with Gasteiger partial charge in [0.15, 0.2) is 0 Å². The summed E-state index contributed by atoms with van der Waals surface area (Å²) in [6.07, 6.45) is 0.969. The van der Waals surface area contributed by atoms with Crippen LogP contribution in [0.4, 0.5) is 0 Å². The van der Waals surface area contributed by atoms with Crippen molar-refractivity contribution in [1.29, 1.82) is 0 Å². The van der Waals surface area contributed by atoms with E-state index >= 15 is 0 Å². The summed E-state index contributed by atoms with van der Waals surface area (Å²) in [5.74, 6) is 0.820. The van der Waals surface area contributed by atoms with Crippen LogP contribution in [0.15, 0.2) is 48.8 Å². The Morgan fingerprint density at radius 2 is 1.89 bits per heavy atom. The second-order valence-electron chi connectivity index (χ2n) is 6.64. The van der Waals surface area contributed by atoms with Crippen molar-refractivity contribution in [2.45, 2.75) is 32.9 Å². The first-order valence-corrected chi connectivity index (χ1v) is 8.98. The van der Waals surface area contributed by atoms with Crippen LogP contribution in [0.2, 0.25) is 0 Å². The number of nitrogens with one attached hydrogen (secondary N) is 1. The maximum Gasteiger partial charge on any atom is 0.143 e. The van der Waals surface area contributed by atoms with Gasteiger partial charge in [-0.3, -0.25) is 0 Å². The van der Waals surface area contributed by atoms with Crippen LogP contribution in [0.1, 0.15) is 29.7 Å². The van der Waals surface area contributed by atoms with E-state index in [0.717, 1.165) is 22.6 Å². The van der Waals surface area contributed by atoms with Gasteiger partial charge in [-0.1, -0.05) is 24.3 Å². The molecule has 0 saturated carbocycles. The summed E-state index contributed by atoms with van der Waals surface area (Å²) in [6, 6.07) is 14.0. The molecule has 28 heavy (non-hydrogen) atoms. The molecule has 7 nitrogen and oxygen atoms in total. The number of nitrogens with zero attached hydrogens (tertiary/aromatic N) is 4. The molecule has 0 aliphatic rings. The maximum absolute atomic E-state index is 10.2. The highest BCUT2D eigenvalue weighted by Crippen LogP contribution is 2.20. The zero-order chi connectivity index (χ0) is 19.2. The highest BCUT2D eigenvalue weighted by atomic mass is 35.5. The van der Waals surface area contributed by atoms with Crippen LogP contribution in [-0.2, 0) is 0 Å². The van der Waals surface area contributed by atoms with E-state index in [9.17, 15) is 5.11 Å². The fourth-order valence-corrected chi connectivity index (χ4v) is 2.75. The van der Waals surface area contributed by atoms with Gasteiger partial charge in [0.25, 0.3) is 0 Å². The molecule has 8 heteroatoms. The molecule has 0 amide bonds. The minimum absolute atomic E-state index is 0. The van der Waals surface area contributed by atoms with Gasteiger partial charge in [-0.15, -0.1) is 17.5 Å². The average molecular weight is 404 g/mol. The van der Waals surface area contributed by atoms with E-state index in [-0.39, 0.29) is 25.1 Å². The van der Waals surface area contributed by atoms with Gasteiger partial charge in [-0.2, -0.15) is 0 Å². The third-order valence-corrected chi connectivity index (χ3v) is 4.65. The van der Waals surface area contributed by atoms with Crippen LogP contribution in [0, 0.1) is 13.8 Å². The number of rotatable bonds is 8. The number of aliphatic hydroxyl groups excluding tert-OH is 1. The van der Waals surface area contributed by atoms with Crippen molar-refractivity contribution in [3.63, 3.8) is 0 Å². The van der Waals surface area contributed by atoms with Crippen LogP contribution >= 0.6 is 12.4 Å². The lowest BCUT2D eigenvalue weighted by atomic mass is 10.1. The monoisotopic (exact) mass is 403 g/mol. The Kier molecular flexibility index (Phi) is 7.92. The Bertz CT molecular complexity index is 856. The van der Waals surface area contributed by atoms with E-state index in [1.165, 1.54) is 5.56 Å². The number of aliphatic hydroxyl groups is 1. The molecule has 0 radical (unpaired) electrons. The Morgan fingerprint density at radius 1 is 1.14 bits per heavy atom. The molecule has 0 fully saturated rings. The Morgan fingerprint density at radius 3 is 2.57 bits per heavy atom. The number of hydrogen-bond donors (Lipinski definition) is 2. The van der Waals surface area contributed by atoms with Gasteiger partial charge in [0.2, 0.25) is 0 Å². The summed E-state index contributed by atoms with van der Waals surface area (Å²) in [5, 5.41) is 24.7. The predicted octanol–water partition coefficient (Wildman–Crippen LogP) is 2.79. The SMILES string of the molecule is Cc1cccc(OCC(O)CNC(C)c2ccc(-n3cnnn3)cc2)c1C.Cl. The topological polar surface area (TPSA) is 85.1 Å². The van der Waals surface area contributed by atoms with Gasteiger partial charge in [0.05, 0.1) is 5.69 Å². The lowest BCUT2D eigenvalue weighted by Crippen LogP contribution is -2.33. The molecule has 0 aliphatic heterocycles. The molecule has 150 valence electrons. The van der Waals surface area contributed by atoms with Gasteiger partial charge in [-0.25, -0.2) is 4.68 Å². The van der Waals surface area contributed by atoms with Crippen molar-refractivity contribution in [3.05, 3.63) is 65.5 Å². The second kappa shape index (κ2) is 10.2. The quantitative estimate of drug-likeness (QED) is 0.601. The van der Waals surface area contributed by atoms with Crippen LogP contribution in [0.25, 0.3) is 5.69 Å². The van der Waals surface area contributed by atoms with Crippen molar-refractivity contribution in [1.82, 2.24) is 25.5 Å². The minimum atomic E-state index is -0.590. The molecule has 0 aliphatic carbocycles. The molecule has 0 bridgehead atoms. The lowest BCUT2D eigenvalue weighted by Gasteiger charge is -2.19. The third kappa shape index (κ3) is 5.51. The zero-order valence-electron chi connectivity index (χ0n) is 16.2. The Hall–Kier alpha value is -2.48. The largest absolute Gasteiger partial charge is 0.491 e. The molecule has 2 aromatic carbocycles. The first kappa shape index (κ1) is 21.8. The molecule has 0 saturated heterocycles. The molecular formula is C20H26ClN5O2. The Labute approximate surface area is 171 Å². The van der Waals surface area contributed by atoms with E-state index in [0.29, 0.717) is 6.54 Å². The molecule has 2 N–H and O–H groups in total. The van der Waals surface area contributed by atoms with Crippen LogP contribution in [0.3, 0.4) is 0 Å².